The second-order valence-corrected chi connectivity index (χ2v) is 7.39. The molecule has 1 aliphatic rings. The zero-order valence-electron chi connectivity index (χ0n) is 16.3. The highest BCUT2D eigenvalue weighted by atomic mass is 16.5. The van der Waals surface area contributed by atoms with Gasteiger partial charge in [-0.25, -0.2) is 0 Å². The number of benzene rings is 2. The predicted molar refractivity (Wildman–Crippen MR) is 110 cm³/mol. The number of para-hydroxylation sites is 2. The quantitative estimate of drug-likeness (QED) is 0.671. The molecular weight excluding hydrogens is 368 g/mol. The minimum Gasteiger partial charge on any atom is -0.368 e. The molecule has 4 rings (SSSR count). The summed E-state index contributed by atoms with van der Waals surface area (Å²) < 4.78 is 5.43. The number of aromatic nitrogens is 1. The summed E-state index contributed by atoms with van der Waals surface area (Å²) in [5, 5.41) is 8.02. The minimum atomic E-state index is -0.542. The van der Waals surface area contributed by atoms with Crippen LogP contribution in [-0.2, 0) is 22.6 Å². The highest BCUT2D eigenvalue weighted by Gasteiger charge is 2.33. The molecule has 0 unspecified atom stereocenters. The Morgan fingerprint density at radius 1 is 1.28 bits per heavy atom. The molecule has 0 spiro atoms. The van der Waals surface area contributed by atoms with Crippen LogP contribution >= 0.6 is 0 Å². The van der Waals surface area contributed by atoms with Crippen molar-refractivity contribution in [3.05, 3.63) is 59.8 Å². The lowest BCUT2D eigenvalue weighted by Gasteiger charge is -2.26. The van der Waals surface area contributed by atoms with Gasteiger partial charge in [0.25, 0.3) is 0 Å². The Morgan fingerprint density at radius 3 is 2.83 bits per heavy atom. The van der Waals surface area contributed by atoms with Gasteiger partial charge in [0.05, 0.1) is 12.6 Å². The molecule has 0 saturated carbocycles. The Hall–Kier alpha value is -3.19. The lowest BCUT2D eigenvalue weighted by atomic mass is 9.93. The first-order valence-corrected chi connectivity index (χ1v) is 9.77. The summed E-state index contributed by atoms with van der Waals surface area (Å²) in [6, 6.07) is 15.0. The lowest BCUT2D eigenvalue weighted by Crippen LogP contribution is -2.44. The Labute approximate surface area is 168 Å². The molecule has 7 nitrogen and oxygen atoms in total. The molecule has 150 valence electrons. The molecule has 7 heteroatoms. The molecule has 3 aromatic rings. The molecule has 3 N–H and O–H groups in total. The average Bonchev–Trinajstić information content (AvgIpc) is 3.09. The number of aryl methyl sites for hydroxylation is 1. The molecule has 0 saturated heterocycles. The van der Waals surface area contributed by atoms with Crippen LogP contribution in [0.1, 0.15) is 24.1 Å². The van der Waals surface area contributed by atoms with Gasteiger partial charge in [-0.3, -0.25) is 9.59 Å². The van der Waals surface area contributed by atoms with E-state index in [4.69, 9.17) is 10.3 Å². The van der Waals surface area contributed by atoms with E-state index >= 15 is 0 Å². The van der Waals surface area contributed by atoms with Crippen molar-refractivity contribution in [1.29, 1.82) is 0 Å². The van der Waals surface area contributed by atoms with Crippen molar-refractivity contribution in [2.45, 2.75) is 31.8 Å². The third kappa shape index (κ3) is 3.73. The summed E-state index contributed by atoms with van der Waals surface area (Å²) in [7, 11) is 1.69. The molecule has 2 aromatic carbocycles. The van der Waals surface area contributed by atoms with Gasteiger partial charge < -0.3 is 20.5 Å². The molecule has 0 aliphatic carbocycles. The molecule has 29 heavy (non-hydrogen) atoms. The van der Waals surface area contributed by atoms with E-state index in [1.165, 1.54) is 0 Å². The molecule has 0 radical (unpaired) electrons. The van der Waals surface area contributed by atoms with Crippen LogP contribution in [0.25, 0.3) is 11.0 Å². The van der Waals surface area contributed by atoms with E-state index in [2.05, 4.69) is 10.5 Å². The Bertz CT molecular complexity index is 1050. The number of likely N-dealkylation sites (N-methyl/N-ethyl adjacent to an activating group) is 1. The topological polar surface area (TPSA) is 101 Å². The Kier molecular flexibility index (Phi) is 5.31. The number of rotatable bonds is 6. The fourth-order valence-corrected chi connectivity index (χ4v) is 4.02. The first-order valence-electron chi connectivity index (χ1n) is 9.77. The van der Waals surface area contributed by atoms with Crippen molar-refractivity contribution >= 4 is 28.5 Å². The van der Waals surface area contributed by atoms with Gasteiger partial charge in [-0.2, -0.15) is 0 Å². The Balaban J connectivity index is 1.69. The van der Waals surface area contributed by atoms with Crippen molar-refractivity contribution in [3.8, 4) is 0 Å². The second kappa shape index (κ2) is 8.05. The number of anilines is 1. The van der Waals surface area contributed by atoms with E-state index in [0.29, 0.717) is 30.7 Å². The monoisotopic (exact) mass is 392 g/mol. The summed E-state index contributed by atoms with van der Waals surface area (Å²) in [5.41, 5.74) is 8.89. The van der Waals surface area contributed by atoms with Crippen molar-refractivity contribution in [3.63, 3.8) is 0 Å². The average molecular weight is 392 g/mol. The number of hydrogen-bond acceptors (Lipinski definition) is 5. The van der Waals surface area contributed by atoms with Crippen molar-refractivity contribution < 1.29 is 14.1 Å². The lowest BCUT2D eigenvalue weighted by molar-refractivity contribution is -0.124. The number of nitrogens with one attached hydrogen (secondary N) is 1. The zero-order chi connectivity index (χ0) is 20.4. The maximum Gasteiger partial charge on any atom is 0.234 e. The number of hydrogen-bond donors (Lipinski definition) is 2. The predicted octanol–water partition coefficient (Wildman–Crippen LogP) is 2.39. The highest BCUT2D eigenvalue weighted by Crippen LogP contribution is 2.33. The Morgan fingerprint density at radius 2 is 2.03 bits per heavy atom. The van der Waals surface area contributed by atoms with Crippen LogP contribution < -0.4 is 16.0 Å². The number of carbonyl (C=O) groups excluding carboxylic acids is 2. The number of amides is 2. The van der Waals surface area contributed by atoms with E-state index in [1.807, 2.05) is 48.5 Å². The minimum absolute atomic E-state index is 0.0245. The molecule has 0 fully saturated rings. The summed E-state index contributed by atoms with van der Waals surface area (Å²) >= 11 is 0. The van der Waals surface area contributed by atoms with Gasteiger partial charge in [-0.05, 0) is 50.1 Å². The number of carbonyl (C=O) groups is 2. The summed E-state index contributed by atoms with van der Waals surface area (Å²) in [6.45, 7) is 0.310. The van der Waals surface area contributed by atoms with E-state index in [9.17, 15) is 9.59 Å². The molecule has 2 atom stereocenters. The first-order chi connectivity index (χ1) is 14.1. The van der Waals surface area contributed by atoms with Gasteiger partial charge in [-0.1, -0.05) is 35.5 Å². The number of nitrogens with zero attached hydrogens (tertiary/aromatic N) is 2. The van der Waals surface area contributed by atoms with Crippen LogP contribution in [0.3, 0.4) is 0 Å². The maximum absolute atomic E-state index is 13.5. The van der Waals surface area contributed by atoms with E-state index in [0.717, 1.165) is 23.1 Å². The number of fused-ring (bicyclic) bond motifs is 2. The molecule has 2 heterocycles. The molecule has 1 aromatic heterocycles. The van der Waals surface area contributed by atoms with Crippen LogP contribution in [0.4, 0.5) is 5.69 Å². The van der Waals surface area contributed by atoms with E-state index < -0.39 is 11.9 Å². The third-order valence-electron chi connectivity index (χ3n) is 5.63. The largest absolute Gasteiger partial charge is 0.368 e. The van der Waals surface area contributed by atoms with Crippen molar-refractivity contribution in [2.75, 3.05) is 11.9 Å². The van der Waals surface area contributed by atoms with Gasteiger partial charge >= 0.3 is 0 Å². The standard InChI is InChI=1S/C22H24N4O3/c1-24-17(21(23)27)12-15-11-10-14-6-2-4-8-19(14)26(22(15)28)13-18-16-7-3-5-9-20(16)29-25-18/h2-9,15,17,24H,10-13H2,1H3,(H2,23,27)/t15-,17-/m0/s1. The fourth-order valence-electron chi connectivity index (χ4n) is 4.02. The summed E-state index contributed by atoms with van der Waals surface area (Å²) in [6.07, 6.45) is 1.80. The van der Waals surface area contributed by atoms with Crippen LogP contribution in [0.2, 0.25) is 0 Å². The van der Waals surface area contributed by atoms with Crippen molar-refractivity contribution in [1.82, 2.24) is 10.5 Å². The van der Waals surface area contributed by atoms with Crippen LogP contribution in [-0.4, -0.2) is 30.1 Å². The normalized spacial score (nSPS) is 17.8. The number of primary amides is 1. The van der Waals surface area contributed by atoms with E-state index in [-0.39, 0.29) is 11.8 Å². The van der Waals surface area contributed by atoms with Crippen molar-refractivity contribution in [2.24, 2.45) is 11.7 Å². The smallest absolute Gasteiger partial charge is 0.234 e. The SMILES string of the molecule is CN[C@@H](C[C@@H]1CCc2ccccc2N(Cc2noc3ccccc23)C1=O)C(N)=O. The first kappa shape index (κ1) is 19.1. The second-order valence-electron chi connectivity index (χ2n) is 7.39. The van der Waals surface area contributed by atoms with Gasteiger partial charge in [-0.15, -0.1) is 0 Å². The number of nitrogens with two attached hydrogens (primary N) is 1. The molecule has 1 aliphatic heterocycles. The molecular formula is C22H24N4O3. The van der Waals surface area contributed by atoms with Gasteiger partial charge in [0.15, 0.2) is 5.58 Å². The van der Waals surface area contributed by atoms with Crippen LogP contribution in [0.5, 0.6) is 0 Å². The van der Waals surface area contributed by atoms with Gasteiger partial charge in [0.1, 0.15) is 5.69 Å². The van der Waals surface area contributed by atoms with Crippen LogP contribution in [0, 0.1) is 5.92 Å². The zero-order valence-corrected chi connectivity index (χ0v) is 16.3. The van der Waals surface area contributed by atoms with E-state index in [1.54, 1.807) is 11.9 Å². The summed E-state index contributed by atoms with van der Waals surface area (Å²) in [4.78, 5) is 27.0. The molecule has 2 amide bonds. The molecule has 0 bridgehead atoms. The van der Waals surface area contributed by atoms with Crippen LogP contribution in [0.15, 0.2) is 53.1 Å². The van der Waals surface area contributed by atoms with Gasteiger partial charge in [0.2, 0.25) is 11.8 Å². The maximum atomic E-state index is 13.5. The highest BCUT2D eigenvalue weighted by molar-refractivity contribution is 5.97. The third-order valence-corrected chi connectivity index (χ3v) is 5.63. The van der Waals surface area contributed by atoms with Gasteiger partial charge in [0, 0.05) is 17.0 Å². The summed E-state index contributed by atoms with van der Waals surface area (Å²) in [5.74, 6) is -0.787. The fraction of sp³-hybridized carbons (Fsp3) is 0.318.